The van der Waals surface area contributed by atoms with E-state index in [0.29, 0.717) is 13.1 Å². The zero-order valence-electron chi connectivity index (χ0n) is 11.5. The number of likely N-dealkylation sites (N-methyl/N-ethyl adjacent to an activating group) is 1. The molecule has 2 aliphatic rings. The molecule has 0 aromatic carbocycles. The molecule has 0 bridgehead atoms. The van der Waals surface area contributed by atoms with E-state index in [9.17, 15) is 10.2 Å². The highest BCUT2D eigenvalue weighted by Gasteiger charge is 2.29. The number of aliphatic hydroxyl groups excluding tert-OH is 1. The Hall–Kier alpha value is -0.660. The maximum atomic E-state index is 10.3. The fourth-order valence-electron chi connectivity index (χ4n) is 2.52. The molecule has 0 aliphatic carbocycles. The Balaban J connectivity index is 1.72. The van der Waals surface area contributed by atoms with Gasteiger partial charge in [0.25, 0.3) is 0 Å². The van der Waals surface area contributed by atoms with Gasteiger partial charge >= 0.3 is 0 Å². The SMILES string of the molecule is CNC1CC=C(CNCC2(O)CCNCC2)OC1O. The van der Waals surface area contributed by atoms with Crippen LogP contribution in [0.3, 0.4) is 0 Å². The number of ether oxygens (including phenoxy) is 1. The highest BCUT2D eigenvalue weighted by molar-refractivity contribution is 5.03. The molecule has 1 saturated heterocycles. The summed E-state index contributed by atoms with van der Waals surface area (Å²) in [7, 11) is 1.81. The molecule has 0 aromatic heterocycles. The van der Waals surface area contributed by atoms with Crippen molar-refractivity contribution in [3.63, 3.8) is 0 Å². The van der Waals surface area contributed by atoms with E-state index >= 15 is 0 Å². The average molecular weight is 271 g/mol. The van der Waals surface area contributed by atoms with Crippen molar-refractivity contribution in [3.05, 3.63) is 11.8 Å². The highest BCUT2D eigenvalue weighted by Crippen LogP contribution is 2.18. The number of hydrogen-bond acceptors (Lipinski definition) is 6. The molecule has 2 heterocycles. The van der Waals surface area contributed by atoms with Crippen LogP contribution in [0, 0.1) is 0 Å². The van der Waals surface area contributed by atoms with Crippen molar-refractivity contribution in [2.75, 3.05) is 33.2 Å². The highest BCUT2D eigenvalue weighted by atomic mass is 16.6. The van der Waals surface area contributed by atoms with Crippen molar-refractivity contribution < 1.29 is 14.9 Å². The Morgan fingerprint density at radius 2 is 2.21 bits per heavy atom. The molecule has 2 atom stereocenters. The van der Waals surface area contributed by atoms with E-state index in [-0.39, 0.29) is 6.04 Å². The molecule has 5 N–H and O–H groups in total. The lowest BCUT2D eigenvalue weighted by Gasteiger charge is -2.33. The lowest BCUT2D eigenvalue weighted by atomic mass is 9.92. The van der Waals surface area contributed by atoms with Crippen LogP contribution >= 0.6 is 0 Å². The second-order valence-corrected chi connectivity index (χ2v) is 5.39. The molecule has 0 amide bonds. The lowest BCUT2D eigenvalue weighted by molar-refractivity contribution is -0.0969. The molecule has 2 aliphatic heterocycles. The van der Waals surface area contributed by atoms with E-state index in [1.807, 2.05) is 6.08 Å². The molecule has 0 radical (unpaired) electrons. The van der Waals surface area contributed by atoms with E-state index in [1.54, 1.807) is 7.05 Å². The molecule has 1 fully saturated rings. The van der Waals surface area contributed by atoms with E-state index in [4.69, 9.17) is 4.74 Å². The van der Waals surface area contributed by atoms with Crippen LogP contribution in [0.25, 0.3) is 0 Å². The van der Waals surface area contributed by atoms with Crippen LogP contribution < -0.4 is 16.0 Å². The van der Waals surface area contributed by atoms with Gasteiger partial charge < -0.3 is 30.9 Å². The van der Waals surface area contributed by atoms with E-state index in [0.717, 1.165) is 38.1 Å². The normalized spacial score (nSPS) is 30.6. The Morgan fingerprint density at radius 3 is 2.84 bits per heavy atom. The van der Waals surface area contributed by atoms with E-state index in [2.05, 4.69) is 16.0 Å². The third-order valence-electron chi connectivity index (χ3n) is 3.87. The largest absolute Gasteiger partial charge is 0.467 e. The first-order chi connectivity index (χ1) is 9.13. The van der Waals surface area contributed by atoms with Crippen molar-refractivity contribution in [3.8, 4) is 0 Å². The third kappa shape index (κ3) is 4.15. The first-order valence-electron chi connectivity index (χ1n) is 6.98. The number of nitrogens with one attached hydrogen (secondary N) is 3. The zero-order chi connectivity index (χ0) is 13.7. The van der Waals surface area contributed by atoms with Gasteiger partial charge in [-0.2, -0.15) is 0 Å². The minimum Gasteiger partial charge on any atom is -0.467 e. The van der Waals surface area contributed by atoms with Crippen LogP contribution in [0.1, 0.15) is 19.3 Å². The summed E-state index contributed by atoms with van der Waals surface area (Å²) in [6.07, 6.45) is 3.47. The number of hydrogen-bond donors (Lipinski definition) is 5. The van der Waals surface area contributed by atoms with Crippen LogP contribution in [0.2, 0.25) is 0 Å². The molecule has 0 aromatic rings. The topological polar surface area (TPSA) is 85.8 Å². The lowest BCUT2D eigenvalue weighted by Crippen LogP contribution is -2.49. The fraction of sp³-hybridized carbons (Fsp3) is 0.846. The van der Waals surface area contributed by atoms with Gasteiger partial charge in [0.1, 0.15) is 5.76 Å². The molecule has 0 saturated carbocycles. The Labute approximate surface area is 114 Å². The Kier molecular flexibility index (Phi) is 5.18. The minimum absolute atomic E-state index is 0.0441. The summed E-state index contributed by atoms with van der Waals surface area (Å²) in [5.74, 6) is 0.747. The van der Waals surface area contributed by atoms with Gasteiger partial charge in [-0.3, -0.25) is 0 Å². The molecule has 19 heavy (non-hydrogen) atoms. The Morgan fingerprint density at radius 1 is 1.47 bits per heavy atom. The predicted octanol–water partition coefficient (Wildman–Crippen LogP) is -1.10. The smallest absolute Gasteiger partial charge is 0.212 e. The quantitative estimate of drug-likeness (QED) is 0.436. The van der Waals surface area contributed by atoms with Crippen molar-refractivity contribution >= 4 is 0 Å². The maximum absolute atomic E-state index is 10.3. The summed E-state index contributed by atoms with van der Waals surface area (Å²) >= 11 is 0. The molecule has 0 spiro atoms. The molecule has 2 unspecified atom stereocenters. The summed E-state index contributed by atoms with van der Waals surface area (Å²) in [5, 5.41) is 29.5. The third-order valence-corrected chi connectivity index (χ3v) is 3.87. The van der Waals surface area contributed by atoms with Gasteiger partial charge in [-0.25, -0.2) is 0 Å². The van der Waals surface area contributed by atoms with Gasteiger partial charge in [0.05, 0.1) is 18.2 Å². The van der Waals surface area contributed by atoms with Crippen LogP contribution in [-0.2, 0) is 4.74 Å². The molecule has 2 rings (SSSR count). The minimum atomic E-state index is -0.797. The zero-order valence-corrected chi connectivity index (χ0v) is 11.5. The summed E-state index contributed by atoms with van der Waals surface area (Å²) in [6.45, 7) is 2.82. The van der Waals surface area contributed by atoms with E-state index in [1.165, 1.54) is 0 Å². The molecule has 6 heteroatoms. The molecular formula is C13H25N3O3. The second-order valence-electron chi connectivity index (χ2n) is 5.39. The van der Waals surface area contributed by atoms with Gasteiger partial charge in [-0.15, -0.1) is 0 Å². The summed E-state index contributed by atoms with van der Waals surface area (Å²) in [5.41, 5.74) is -0.618. The first-order valence-corrected chi connectivity index (χ1v) is 6.98. The second kappa shape index (κ2) is 6.67. The van der Waals surface area contributed by atoms with Gasteiger partial charge in [0.15, 0.2) is 0 Å². The Bertz CT molecular complexity index is 316. The van der Waals surface area contributed by atoms with Crippen molar-refractivity contribution in [1.82, 2.24) is 16.0 Å². The van der Waals surface area contributed by atoms with Crippen molar-refractivity contribution in [2.24, 2.45) is 0 Å². The predicted molar refractivity (Wildman–Crippen MR) is 72.6 cm³/mol. The van der Waals surface area contributed by atoms with Crippen molar-refractivity contribution in [2.45, 2.75) is 37.2 Å². The summed E-state index contributed by atoms with van der Waals surface area (Å²) < 4.78 is 5.41. The van der Waals surface area contributed by atoms with Gasteiger partial charge in [-0.1, -0.05) is 0 Å². The number of aliphatic hydroxyl groups is 2. The van der Waals surface area contributed by atoms with Gasteiger partial charge in [0, 0.05) is 6.54 Å². The molecular weight excluding hydrogens is 246 g/mol. The monoisotopic (exact) mass is 271 g/mol. The van der Waals surface area contributed by atoms with Gasteiger partial charge in [-0.05, 0) is 45.5 Å². The van der Waals surface area contributed by atoms with Crippen LogP contribution in [0.5, 0.6) is 0 Å². The standard InChI is InChI=1S/C13H25N3O3/c1-14-11-3-2-10(19-12(11)17)8-16-9-13(18)4-6-15-7-5-13/h2,11-12,14-18H,3-9H2,1H3. The van der Waals surface area contributed by atoms with Crippen molar-refractivity contribution in [1.29, 1.82) is 0 Å². The first kappa shape index (κ1) is 14.7. The maximum Gasteiger partial charge on any atom is 0.212 e. The molecule has 110 valence electrons. The number of piperidine rings is 1. The number of rotatable bonds is 5. The summed E-state index contributed by atoms with van der Waals surface area (Å²) in [4.78, 5) is 0. The fourth-order valence-corrected chi connectivity index (χ4v) is 2.52. The van der Waals surface area contributed by atoms with Crippen LogP contribution in [0.4, 0.5) is 0 Å². The van der Waals surface area contributed by atoms with Crippen LogP contribution in [0.15, 0.2) is 11.8 Å². The van der Waals surface area contributed by atoms with E-state index < -0.39 is 11.9 Å². The molecule has 6 nitrogen and oxygen atoms in total. The average Bonchev–Trinajstić information content (AvgIpc) is 2.39. The summed E-state index contributed by atoms with van der Waals surface area (Å²) in [6, 6.07) is -0.0441. The van der Waals surface area contributed by atoms with Gasteiger partial charge in [0.2, 0.25) is 6.29 Å². The van der Waals surface area contributed by atoms with Crippen LogP contribution in [-0.4, -0.2) is 61.4 Å².